The fourth-order valence-corrected chi connectivity index (χ4v) is 2.27. The van der Waals surface area contributed by atoms with Crippen LogP contribution >= 0.6 is 0 Å². The number of para-hydroxylation sites is 1. The third-order valence-electron chi connectivity index (χ3n) is 3.31. The molecule has 4 heteroatoms. The zero-order valence-electron chi connectivity index (χ0n) is 11.5. The molecule has 0 aliphatic carbocycles. The van der Waals surface area contributed by atoms with E-state index in [0.29, 0.717) is 5.52 Å². The maximum absolute atomic E-state index is 11.1. The highest BCUT2D eigenvalue weighted by atomic mass is 16.4. The van der Waals surface area contributed by atoms with Crippen LogP contribution in [0.1, 0.15) is 43.5 Å². The first-order chi connectivity index (χ1) is 9.09. The molecule has 0 saturated heterocycles. The molecule has 2 aromatic rings. The molecule has 0 atom stereocenters. The lowest BCUT2D eigenvalue weighted by Crippen LogP contribution is -1.99. The smallest absolute Gasteiger partial charge is 0.337 e. The van der Waals surface area contributed by atoms with Gasteiger partial charge >= 0.3 is 5.97 Å². The maximum atomic E-state index is 11.1. The van der Waals surface area contributed by atoms with Crippen LogP contribution in [0.5, 0.6) is 0 Å². The van der Waals surface area contributed by atoms with Crippen molar-refractivity contribution >= 4 is 17.0 Å². The van der Waals surface area contributed by atoms with Crippen LogP contribution in [0.3, 0.4) is 0 Å². The lowest BCUT2D eigenvalue weighted by Gasteiger charge is -2.06. The highest BCUT2D eigenvalue weighted by Crippen LogP contribution is 2.18. The van der Waals surface area contributed by atoms with E-state index >= 15 is 0 Å². The zero-order chi connectivity index (χ0) is 13.8. The largest absolute Gasteiger partial charge is 0.478 e. The summed E-state index contributed by atoms with van der Waals surface area (Å²) >= 11 is 0. The van der Waals surface area contributed by atoms with E-state index < -0.39 is 5.97 Å². The molecule has 1 aromatic heterocycles. The van der Waals surface area contributed by atoms with Gasteiger partial charge in [-0.05, 0) is 24.5 Å². The van der Waals surface area contributed by atoms with E-state index in [1.807, 2.05) is 10.6 Å². The number of carbonyl (C=O) groups is 1. The second-order valence-electron chi connectivity index (χ2n) is 5.31. The summed E-state index contributed by atoms with van der Waals surface area (Å²) in [5.41, 5.74) is 1.77. The fraction of sp³-hybridized carbons (Fsp3) is 0.467. The van der Waals surface area contributed by atoms with Gasteiger partial charge in [-0.1, -0.05) is 32.8 Å². The molecule has 0 aliphatic heterocycles. The number of unbranched alkanes of at least 4 members (excludes halogenated alkanes) is 1. The lowest BCUT2D eigenvalue weighted by atomic mass is 10.1. The number of hydrogen-bond donors (Lipinski definition) is 1. The van der Waals surface area contributed by atoms with Gasteiger partial charge in [0.05, 0.1) is 17.4 Å². The van der Waals surface area contributed by atoms with Gasteiger partial charge in [0.25, 0.3) is 0 Å². The Morgan fingerprint density at radius 1 is 1.37 bits per heavy atom. The van der Waals surface area contributed by atoms with Crippen molar-refractivity contribution in [2.24, 2.45) is 5.92 Å². The van der Waals surface area contributed by atoms with Crippen LogP contribution in [0, 0.1) is 5.92 Å². The molecule has 0 aliphatic rings. The van der Waals surface area contributed by atoms with Gasteiger partial charge in [-0.15, -0.1) is 0 Å². The molecule has 102 valence electrons. The Balaban J connectivity index is 2.12. The molecular weight excluding hydrogens is 240 g/mol. The van der Waals surface area contributed by atoms with E-state index in [4.69, 9.17) is 5.11 Å². The number of aromatic carboxylic acids is 1. The summed E-state index contributed by atoms with van der Waals surface area (Å²) in [6, 6.07) is 5.30. The first-order valence-corrected chi connectivity index (χ1v) is 6.76. The molecule has 2 rings (SSSR count). The highest BCUT2D eigenvalue weighted by molar-refractivity contribution is 6.00. The molecule has 4 nitrogen and oxygen atoms in total. The third-order valence-corrected chi connectivity index (χ3v) is 3.31. The molecule has 1 aromatic carbocycles. The van der Waals surface area contributed by atoms with Gasteiger partial charge < -0.3 is 9.67 Å². The molecule has 0 saturated carbocycles. The summed E-state index contributed by atoms with van der Waals surface area (Å²) in [7, 11) is 0. The predicted octanol–water partition coefficient (Wildman–Crippen LogP) is 3.56. The number of carboxylic acids is 1. The Bertz CT molecular complexity index is 573. The second kappa shape index (κ2) is 5.87. The normalized spacial score (nSPS) is 11.3. The van der Waals surface area contributed by atoms with E-state index in [2.05, 4.69) is 18.8 Å². The number of imidazole rings is 1. The molecule has 1 N–H and O–H groups in total. The molecule has 0 bridgehead atoms. The molecule has 0 fully saturated rings. The van der Waals surface area contributed by atoms with Crippen LogP contribution in [-0.2, 0) is 6.54 Å². The van der Waals surface area contributed by atoms with E-state index in [1.54, 1.807) is 18.5 Å². The average Bonchev–Trinajstić information content (AvgIpc) is 2.77. The minimum Gasteiger partial charge on any atom is -0.478 e. The Morgan fingerprint density at radius 3 is 2.84 bits per heavy atom. The molecule has 0 unspecified atom stereocenters. The SMILES string of the molecule is CC(C)CCCCn1cnc2c(C(=O)O)cccc21. The number of nitrogens with zero attached hydrogens (tertiary/aromatic N) is 2. The summed E-state index contributed by atoms with van der Waals surface area (Å²) < 4.78 is 2.04. The Kier molecular flexibility index (Phi) is 4.20. The number of hydrogen-bond acceptors (Lipinski definition) is 2. The number of fused-ring (bicyclic) bond motifs is 1. The van der Waals surface area contributed by atoms with Crippen molar-refractivity contribution in [3.05, 3.63) is 30.1 Å². The first kappa shape index (κ1) is 13.6. The highest BCUT2D eigenvalue weighted by Gasteiger charge is 2.11. The van der Waals surface area contributed by atoms with Crippen molar-refractivity contribution in [2.45, 2.75) is 39.7 Å². The summed E-state index contributed by atoms with van der Waals surface area (Å²) in [5, 5.41) is 9.12. The maximum Gasteiger partial charge on any atom is 0.337 e. The lowest BCUT2D eigenvalue weighted by molar-refractivity contribution is 0.0699. The fourth-order valence-electron chi connectivity index (χ4n) is 2.27. The third kappa shape index (κ3) is 3.13. The Morgan fingerprint density at radius 2 is 2.16 bits per heavy atom. The van der Waals surface area contributed by atoms with Crippen molar-refractivity contribution in [3.8, 4) is 0 Å². The van der Waals surface area contributed by atoms with E-state index in [1.165, 1.54) is 12.8 Å². The van der Waals surface area contributed by atoms with Gasteiger partial charge in [0.2, 0.25) is 0 Å². The number of aromatic nitrogens is 2. The standard InChI is InChI=1S/C15H20N2O2/c1-11(2)6-3-4-9-17-10-16-14-12(15(18)19)7-5-8-13(14)17/h5,7-8,10-11H,3-4,6,9H2,1-2H3,(H,18,19). The van der Waals surface area contributed by atoms with Gasteiger partial charge in [0.1, 0.15) is 5.52 Å². The average molecular weight is 260 g/mol. The number of benzene rings is 1. The predicted molar refractivity (Wildman–Crippen MR) is 75.4 cm³/mol. The van der Waals surface area contributed by atoms with Crippen LogP contribution in [0.15, 0.2) is 24.5 Å². The van der Waals surface area contributed by atoms with Crippen molar-refractivity contribution in [2.75, 3.05) is 0 Å². The quantitative estimate of drug-likeness (QED) is 0.808. The minimum atomic E-state index is -0.921. The van der Waals surface area contributed by atoms with Crippen LogP contribution < -0.4 is 0 Å². The first-order valence-electron chi connectivity index (χ1n) is 6.76. The van der Waals surface area contributed by atoms with Gasteiger partial charge in [0.15, 0.2) is 0 Å². The molecule has 1 heterocycles. The van der Waals surface area contributed by atoms with Crippen LogP contribution in [-0.4, -0.2) is 20.6 Å². The molecular formula is C15H20N2O2. The van der Waals surface area contributed by atoms with Gasteiger partial charge in [-0.2, -0.15) is 0 Å². The van der Waals surface area contributed by atoms with Crippen molar-refractivity contribution in [1.82, 2.24) is 9.55 Å². The summed E-state index contributed by atoms with van der Waals surface area (Å²) in [5.74, 6) is -0.186. The summed E-state index contributed by atoms with van der Waals surface area (Å²) in [6.45, 7) is 5.35. The van der Waals surface area contributed by atoms with Crippen molar-refractivity contribution in [3.63, 3.8) is 0 Å². The molecule has 0 spiro atoms. The van der Waals surface area contributed by atoms with Crippen molar-refractivity contribution in [1.29, 1.82) is 0 Å². The zero-order valence-corrected chi connectivity index (χ0v) is 11.5. The number of carboxylic acid groups (broad SMARTS) is 1. The van der Waals surface area contributed by atoms with E-state index in [0.717, 1.165) is 24.4 Å². The molecule has 0 amide bonds. The van der Waals surface area contributed by atoms with Crippen molar-refractivity contribution < 1.29 is 9.90 Å². The summed E-state index contributed by atoms with van der Waals surface area (Å²) in [4.78, 5) is 15.3. The Labute approximate surface area is 113 Å². The minimum absolute atomic E-state index is 0.276. The number of rotatable bonds is 6. The number of aryl methyl sites for hydroxylation is 1. The van der Waals surface area contributed by atoms with E-state index in [9.17, 15) is 4.79 Å². The summed E-state index contributed by atoms with van der Waals surface area (Å²) in [6.07, 6.45) is 5.26. The van der Waals surface area contributed by atoms with Crippen LogP contribution in [0.2, 0.25) is 0 Å². The molecule has 19 heavy (non-hydrogen) atoms. The Hall–Kier alpha value is -1.84. The van der Waals surface area contributed by atoms with Crippen LogP contribution in [0.4, 0.5) is 0 Å². The van der Waals surface area contributed by atoms with Gasteiger partial charge in [0, 0.05) is 6.54 Å². The van der Waals surface area contributed by atoms with Gasteiger partial charge in [-0.3, -0.25) is 0 Å². The van der Waals surface area contributed by atoms with Crippen LogP contribution in [0.25, 0.3) is 11.0 Å². The molecule has 0 radical (unpaired) electrons. The topological polar surface area (TPSA) is 55.1 Å². The second-order valence-corrected chi connectivity index (χ2v) is 5.31. The van der Waals surface area contributed by atoms with E-state index in [-0.39, 0.29) is 5.56 Å². The van der Waals surface area contributed by atoms with Gasteiger partial charge in [-0.25, -0.2) is 9.78 Å². The monoisotopic (exact) mass is 260 g/mol.